The number of aromatic nitrogens is 1. The lowest BCUT2D eigenvalue weighted by Crippen LogP contribution is -2.29. The molecule has 0 aromatic carbocycles. The standard InChI is InChI=1S/C8H12N3O4P/c9-3-4-10-8(12)7-2-1-6(5-11-7)16(13,14)15/h1-2,5H,3-4,9H2,(H,10,12)(H2,13,14,15). The molecule has 0 saturated carbocycles. The van der Waals surface area contributed by atoms with Gasteiger partial charge in [0.25, 0.3) is 5.91 Å². The molecule has 7 nitrogen and oxygen atoms in total. The molecule has 0 aliphatic heterocycles. The smallest absolute Gasteiger partial charge is 0.349 e. The highest BCUT2D eigenvalue weighted by molar-refractivity contribution is 7.60. The number of nitrogens with zero attached hydrogens (tertiary/aromatic N) is 1. The highest BCUT2D eigenvalue weighted by atomic mass is 31.2. The third kappa shape index (κ3) is 3.39. The van der Waals surface area contributed by atoms with E-state index in [4.69, 9.17) is 15.5 Å². The molecule has 1 heterocycles. The van der Waals surface area contributed by atoms with E-state index in [1.807, 2.05) is 0 Å². The summed E-state index contributed by atoms with van der Waals surface area (Å²) in [6, 6.07) is 2.42. The molecule has 5 N–H and O–H groups in total. The van der Waals surface area contributed by atoms with Crippen LogP contribution in [0.2, 0.25) is 0 Å². The summed E-state index contributed by atoms with van der Waals surface area (Å²) in [7, 11) is -4.30. The second-order valence-electron chi connectivity index (χ2n) is 2.99. The van der Waals surface area contributed by atoms with Crippen LogP contribution in [-0.4, -0.2) is 33.8 Å². The Kier molecular flexibility index (Phi) is 4.14. The van der Waals surface area contributed by atoms with Crippen molar-refractivity contribution >= 4 is 18.8 Å². The van der Waals surface area contributed by atoms with Crippen molar-refractivity contribution in [1.82, 2.24) is 10.3 Å². The summed E-state index contributed by atoms with van der Waals surface area (Å²) in [5.74, 6) is -0.428. The Labute approximate surface area is 91.8 Å². The van der Waals surface area contributed by atoms with Crippen LogP contribution in [0.4, 0.5) is 0 Å². The lowest BCUT2D eigenvalue weighted by Gasteiger charge is -2.05. The zero-order valence-electron chi connectivity index (χ0n) is 8.33. The average molecular weight is 245 g/mol. The number of carbonyl (C=O) groups excluding carboxylic acids is 1. The summed E-state index contributed by atoms with van der Waals surface area (Å²) in [6.07, 6.45) is 0.984. The monoisotopic (exact) mass is 245 g/mol. The Balaban J connectivity index is 2.79. The maximum absolute atomic E-state index is 11.3. The van der Waals surface area contributed by atoms with E-state index in [1.165, 1.54) is 12.1 Å². The first-order chi connectivity index (χ1) is 7.45. The number of rotatable bonds is 4. The van der Waals surface area contributed by atoms with Crippen LogP contribution in [0.3, 0.4) is 0 Å². The second-order valence-corrected chi connectivity index (χ2v) is 4.59. The molecule has 1 amide bonds. The van der Waals surface area contributed by atoms with Gasteiger partial charge >= 0.3 is 7.60 Å². The molecule has 16 heavy (non-hydrogen) atoms. The first-order valence-corrected chi connectivity index (χ1v) is 6.07. The minimum Gasteiger partial charge on any atom is -0.349 e. The molecule has 0 saturated heterocycles. The molecule has 1 aromatic heterocycles. The molecule has 0 radical (unpaired) electrons. The number of hydrogen-bond acceptors (Lipinski definition) is 4. The van der Waals surface area contributed by atoms with Gasteiger partial charge in [0.05, 0.1) is 5.30 Å². The first-order valence-electron chi connectivity index (χ1n) is 4.45. The number of nitrogens with one attached hydrogen (secondary N) is 1. The van der Waals surface area contributed by atoms with E-state index >= 15 is 0 Å². The van der Waals surface area contributed by atoms with E-state index in [0.29, 0.717) is 13.1 Å². The van der Waals surface area contributed by atoms with E-state index in [9.17, 15) is 9.36 Å². The van der Waals surface area contributed by atoms with Gasteiger partial charge in [-0.25, -0.2) is 0 Å². The van der Waals surface area contributed by atoms with Crippen molar-refractivity contribution < 1.29 is 19.1 Å². The lowest BCUT2D eigenvalue weighted by atomic mass is 10.3. The molecule has 0 spiro atoms. The quantitative estimate of drug-likeness (QED) is 0.482. The summed E-state index contributed by atoms with van der Waals surface area (Å²) >= 11 is 0. The minimum absolute atomic E-state index is 0.0886. The van der Waals surface area contributed by atoms with Gasteiger partial charge in [-0.2, -0.15) is 0 Å². The summed E-state index contributed by atoms with van der Waals surface area (Å²) < 4.78 is 10.8. The Bertz CT molecular complexity index is 414. The Hall–Kier alpha value is -1.27. The van der Waals surface area contributed by atoms with Gasteiger partial charge in [-0.1, -0.05) is 0 Å². The molecule has 0 aliphatic carbocycles. The van der Waals surface area contributed by atoms with Crippen LogP contribution in [0.1, 0.15) is 10.5 Å². The van der Waals surface area contributed by atoms with Crippen molar-refractivity contribution in [3.05, 3.63) is 24.0 Å². The maximum Gasteiger partial charge on any atom is 0.357 e. The van der Waals surface area contributed by atoms with Gasteiger partial charge in [0.1, 0.15) is 5.69 Å². The van der Waals surface area contributed by atoms with Crippen molar-refractivity contribution in [1.29, 1.82) is 0 Å². The van der Waals surface area contributed by atoms with Gasteiger partial charge in [0.2, 0.25) is 0 Å². The molecule has 0 bridgehead atoms. The van der Waals surface area contributed by atoms with Gasteiger partial charge in [0.15, 0.2) is 0 Å². The predicted molar refractivity (Wildman–Crippen MR) is 57.3 cm³/mol. The molecule has 0 fully saturated rings. The SMILES string of the molecule is NCCNC(=O)c1ccc(P(=O)(O)O)cn1. The number of nitrogens with two attached hydrogens (primary N) is 1. The fourth-order valence-electron chi connectivity index (χ4n) is 0.969. The molecular weight excluding hydrogens is 233 g/mol. The number of hydrogen-bond donors (Lipinski definition) is 4. The van der Waals surface area contributed by atoms with Gasteiger partial charge in [-0.15, -0.1) is 0 Å². The molecular formula is C8H12N3O4P. The highest BCUT2D eigenvalue weighted by Gasteiger charge is 2.17. The third-order valence-corrected chi connectivity index (χ3v) is 2.68. The number of pyridine rings is 1. The molecule has 0 unspecified atom stereocenters. The van der Waals surface area contributed by atoms with E-state index in [-0.39, 0.29) is 11.0 Å². The first kappa shape index (κ1) is 12.8. The van der Waals surface area contributed by atoms with Crippen molar-refractivity contribution in [2.75, 3.05) is 13.1 Å². The lowest BCUT2D eigenvalue weighted by molar-refractivity contribution is 0.0950. The average Bonchev–Trinajstić information content (AvgIpc) is 2.25. The van der Waals surface area contributed by atoms with Crippen LogP contribution in [0.15, 0.2) is 18.3 Å². The van der Waals surface area contributed by atoms with E-state index in [1.54, 1.807) is 0 Å². The fraction of sp³-hybridized carbons (Fsp3) is 0.250. The molecule has 88 valence electrons. The van der Waals surface area contributed by atoms with Gasteiger partial charge in [-0.3, -0.25) is 14.3 Å². The zero-order chi connectivity index (χ0) is 12.2. The normalized spacial score (nSPS) is 11.2. The third-order valence-electron chi connectivity index (χ3n) is 1.75. The Morgan fingerprint density at radius 1 is 1.50 bits per heavy atom. The largest absolute Gasteiger partial charge is 0.357 e. The van der Waals surface area contributed by atoms with Crippen molar-refractivity contribution in [2.45, 2.75) is 0 Å². The van der Waals surface area contributed by atoms with Crippen LogP contribution < -0.4 is 16.4 Å². The fourth-order valence-corrected chi connectivity index (χ4v) is 1.45. The molecule has 1 rings (SSSR count). The minimum atomic E-state index is -4.30. The predicted octanol–water partition coefficient (Wildman–Crippen LogP) is -1.43. The van der Waals surface area contributed by atoms with Gasteiger partial charge in [0, 0.05) is 19.3 Å². The van der Waals surface area contributed by atoms with Crippen molar-refractivity contribution in [3.8, 4) is 0 Å². The summed E-state index contributed by atoms with van der Waals surface area (Å²) in [4.78, 5) is 32.6. The Morgan fingerprint density at radius 3 is 2.62 bits per heavy atom. The second kappa shape index (κ2) is 5.18. The van der Waals surface area contributed by atoms with Crippen molar-refractivity contribution in [3.63, 3.8) is 0 Å². The van der Waals surface area contributed by atoms with Crippen LogP contribution in [0.5, 0.6) is 0 Å². The number of amides is 1. The van der Waals surface area contributed by atoms with E-state index in [0.717, 1.165) is 6.20 Å². The Morgan fingerprint density at radius 2 is 2.19 bits per heavy atom. The van der Waals surface area contributed by atoms with Gasteiger partial charge < -0.3 is 20.8 Å². The highest BCUT2D eigenvalue weighted by Crippen LogP contribution is 2.32. The zero-order valence-corrected chi connectivity index (χ0v) is 9.22. The van der Waals surface area contributed by atoms with Gasteiger partial charge in [-0.05, 0) is 12.1 Å². The topological polar surface area (TPSA) is 126 Å². The molecule has 0 atom stereocenters. The van der Waals surface area contributed by atoms with Crippen LogP contribution in [0.25, 0.3) is 0 Å². The molecule has 8 heteroatoms. The summed E-state index contributed by atoms with van der Waals surface area (Å²) in [5, 5.41) is 2.27. The molecule has 0 aliphatic rings. The van der Waals surface area contributed by atoms with Crippen LogP contribution in [-0.2, 0) is 4.57 Å². The van der Waals surface area contributed by atoms with E-state index in [2.05, 4.69) is 10.3 Å². The summed E-state index contributed by atoms with van der Waals surface area (Å²) in [5.41, 5.74) is 5.29. The van der Waals surface area contributed by atoms with E-state index < -0.39 is 13.5 Å². The summed E-state index contributed by atoms with van der Waals surface area (Å²) in [6.45, 7) is 0.632. The van der Waals surface area contributed by atoms with Crippen LogP contribution >= 0.6 is 7.60 Å². The number of carbonyl (C=O) groups is 1. The van der Waals surface area contributed by atoms with Crippen molar-refractivity contribution in [2.24, 2.45) is 5.73 Å². The molecule has 1 aromatic rings. The van der Waals surface area contributed by atoms with Crippen LogP contribution in [0, 0.1) is 0 Å². The maximum atomic E-state index is 11.3.